The van der Waals surface area contributed by atoms with Gasteiger partial charge in [-0.05, 0) is 25.3 Å². The topological polar surface area (TPSA) is 78.4 Å². The SMILES string of the molecule is CCCC(CC(=O)O)NC(=O)NC(C)Cc1ccccc1. The molecule has 0 spiro atoms. The van der Waals surface area contributed by atoms with Crippen LogP contribution in [0.3, 0.4) is 0 Å². The Morgan fingerprint density at radius 1 is 1.19 bits per heavy atom. The Kier molecular flexibility index (Phi) is 7.29. The van der Waals surface area contributed by atoms with Gasteiger partial charge in [-0.15, -0.1) is 0 Å². The molecule has 3 N–H and O–H groups in total. The first-order valence-corrected chi connectivity index (χ1v) is 7.34. The van der Waals surface area contributed by atoms with Crippen LogP contribution in [0.1, 0.15) is 38.7 Å². The van der Waals surface area contributed by atoms with Crippen LogP contribution in [0.2, 0.25) is 0 Å². The summed E-state index contributed by atoms with van der Waals surface area (Å²) in [6.07, 6.45) is 2.19. The molecule has 116 valence electrons. The second-order valence-corrected chi connectivity index (χ2v) is 5.29. The fourth-order valence-electron chi connectivity index (χ4n) is 2.25. The molecular formula is C16H24N2O3. The number of amides is 2. The standard InChI is InChI=1S/C16H24N2O3/c1-3-7-14(11-15(19)20)18-16(21)17-12(2)10-13-8-5-4-6-9-13/h4-6,8-9,12,14H,3,7,10-11H2,1-2H3,(H,19,20)(H2,17,18,21). The molecule has 0 saturated heterocycles. The van der Waals surface area contributed by atoms with E-state index in [2.05, 4.69) is 10.6 Å². The van der Waals surface area contributed by atoms with Crippen LogP contribution in [0.25, 0.3) is 0 Å². The van der Waals surface area contributed by atoms with Gasteiger partial charge in [0, 0.05) is 12.1 Å². The minimum Gasteiger partial charge on any atom is -0.481 e. The second kappa shape index (κ2) is 9.00. The Morgan fingerprint density at radius 3 is 2.43 bits per heavy atom. The molecule has 2 amide bonds. The van der Waals surface area contributed by atoms with Crippen molar-refractivity contribution in [3.63, 3.8) is 0 Å². The molecule has 0 heterocycles. The molecule has 0 bridgehead atoms. The molecular weight excluding hydrogens is 268 g/mol. The lowest BCUT2D eigenvalue weighted by Gasteiger charge is -2.19. The van der Waals surface area contributed by atoms with E-state index in [0.29, 0.717) is 6.42 Å². The molecule has 1 rings (SSSR count). The maximum Gasteiger partial charge on any atom is 0.315 e. The molecule has 2 atom stereocenters. The average Bonchev–Trinajstić information content (AvgIpc) is 2.38. The molecule has 5 heteroatoms. The third-order valence-corrected chi connectivity index (χ3v) is 3.16. The number of carbonyl (C=O) groups excluding carboxylic acids is 1. The van der Waals surface area contributed by atoms with Crippen LogP contribution in [-0.4, -0.2) is 29.2 Å². The van der Waals surface area contributed by atoms with Crippen molar-refractivity contribution in [1.82, 2.24) is 10.6 Å². The van der Waals surface area contributed by atoms with Gasteiger partial charge < -0.3 is 15.7 Å². The fourth-order valence-corrected chi connectivity index (χ4v) is 2.25. The Labute approximate surface area is 125 Å². The van der Waals surface area contributed by atoms with Gasteiger partial charge in [-0.25, -0.2) is 4.79 Å². The number of carboxylic acids is 1. The summed E-state index contributed by atoms with van der Waals surface area (Å²) in [5.74, 6) is -0.897. The van der Waals surface area contributed by atoms with Crippen molar-refractivity contribution in [2.75, 3.05) is 0 Å². The number of aliphatic carboxylic acids is 1. The zero-order valence-corrected chi connectivity index (χ0v) is 12.6. The first-order valence-electron chi connectivity index (χ1n) is 7.34. The first-order chi connectivity index (χ1) is 10.0. The van der Waals surface area contributed by atoms with Crippen molar-refractivity contribution in [2.45, 2.75) is 51.6 Å². The average molecular weight is 292 g/mol. The number of benzene rings is 1. The number of hydrogen-bond donors (Lipinski definition) is 3. The van der Waals surface area contributed by atoms with Crippen LogP contribution < -0.4 is 10.6 Å². The van der Waals surface area contributed by atoms with E-state index >= 15 is 0 Å². The largest absolute Gasteiger partial charge is 0.481 e. The number of hydrogen-bond acceptors (Lipinski definition) is 2. The van der Waals surface area contributed by atoms with Crippen LogP contribution >= 0.6 is 0 Å². The Balaban J connectivity index is 2.42. The normalized spacial score (nSPS) is 13.2. The lowest BCUT2D eigenvalue weighted by molar-refractivity contribution is -0.137. The summed E-state index contributed by atoms with van der Waals surface area (Å²) in [5.41, 5.74) is 1.15. The summed E-state index contributed by atoms with van der Waals surface area (Å²) in [6.45, 7) is 3.89. The van der Waals surface area contributed by atoms with Crippen LogP contribution in [0.5, 0.6) is 0 Å². The lowest BCUT2D eigenvalue weighted by Crippen LogP contribution is -2.46. The Bertz CT molecular complexity index is 448. The first kappa shape index (κ1) is 17.0. The van der Waals surface area contributed by atoms with E-state index in [1.807, 2.05) is 44.2 Å². The summed E-state index contributed by atoms with van der Waals surface area (Å²) in [7, 11) is 0. The van der Waals surface area contributed by atoms with Gasteiger partial charge in [-0.1, -0.05) is 43.7 Å². The fraction of sp³-hybridized carbons (Fsp3) is 0.500. The summed E-state index contributed by atoms with van der Waals surface area (Å²) < 4.78 is 0. The van der Waals surface area contributed by atoms with Crippen molar-refractivity contribution in [3.05, 3.63) is 35.9 Å². The number of carboxylic acid groups (broad SMARTS) is 1. The number of urea groups is 1. The van der Waals surface area contributed by atoms with Crippen molar-refractivity contribution < 1.29 is 14.7 Å². The van der Waals surface area contributed by atoms with Crippen LogP contribution in [0.15, 0.2) is 30.3 Å². The Hall–Kier alpha value is -2.04. The van der Waals surface area contributed by atoms with Gasteiger partial charge in [0.1, 0.15) is 0 Å². The van der Waals surface area contributed by atoms with Gasteiger partial charge >= 0.3 is 12.0 Å². The van der Waals surface area contributed by atoms with E-state index in [0.717, 1.165) is 18.4 Å². The third kappa shape index (κ3) is 7.34. The van der Waals surface area contributed by atoms with Gasteiger partial charge in [-0.3, -0.25) is 4.79 Å². The van der Waals surface area contributed by atoms with E-state index in [4.69, 9.17) is 5.11 Å². The van der Waals surface area contributed by atoms with Crippen LogP contribution in [0.4, 0.5) is 4.79 Å². The van der Waals surface area contributed by atoms with E-state index in [1.54, 1.807) is 0 Å². The molecule has 21 heavy (non-hydrogen) atoms. The molecule has 1 aromatic rings. The molecule has 0 radical (unpaired) electrons. The predicted molar refractivity (Wildman–Crippen MR) is 82.2 cm³/mol. The summed E-state index contributed by atoms with van der Waals surface area (Å²) >= 11 is 0. The third-order valence-electron chi connectivity index (χ3n) is 3.16. The second-order valence-electron chi connectivity index (χ2n) is 5.29. The van der Waals surface area contributed by atoms with Crippen molar-refractivity contribution >= 4 is 12.0 Å². The van der Waals surface area contributed by atoms with E-state index in [9.17, 15) is 9.59 Å². The highest BCUT2D eigenvalue weighted by molar-refractivity contribution is 5.76. The zero-order chi connectivity index (χ0) is 15.7. The molecule has 0 aromatic heterocycles. The van der Waals surface area contributed by atoms with E-state index in [1.165, 1.54) is 0 Å². The van der Waals surface area contributed by atoms with Gasteiger partial charge in [0.15, 0.2) is 0 Å². The van der Waals surface area contributed by atoms with Crippen molar-refractivity contribution in [2.24, 2.45) is 0 Å². The van der Waals surface area contributed by atoms with Crippen LogP contribution in [0, 0.1) is 0 Å². The summed E-state index contributed by atoms with van der Waals surface area (Å²) in [4.78, 5) is 22.7. The quantitative estimate of drug-likeness (QED) is 0.689. The highest BCUT2D eigenvalue weighted by atomic mass is 16.4. The molecule has 0 fully saturated rings. The lowest BCUT2D eigenvalue weighted by atomic mass is 10.1. The monoisotopic (exact) mass is 292 g/mol. The maximum atomic E-state index is 11.9. The number of rotatable bonds is 8. The molecule has 0 aliphatic carbocycles. The maximum absolute atomic E-state index is 11.9. The highest BCUT2D eigenvalue weighted by Gasteiger charge is 2.16. The minimum atomic E-state index is -0.897. The zero-order valence-electron chi connectivity index (χ0n) is 12.6. The van der Waals surface area contributed by atoms with Gasteiger partial charge in [0.25, 0.3) is 0 Å². The van der Waals surface area contributed by atoms with Crippen molar-refractivity contribution in [3.8, 4) is 0 Å². The summed E-state index contributed by atoms with van der Waals surface area (Å²) in [5, 5.41) is 14.4. The number of nitrogens with one attached hydrogen (secondary N) is 2. The Morgan fingerprint density at radius 2 is 1.86 bits per heavy atom. The van der Waals surface area contributed by atoms with Crippen LogP contribution in [-0.2, 0) is 11.2 Å². The van der Waals surface area contributed by atoms with Gasteiger partial charge in [0.05, 0.1) is 6.42 Å². The summed E-state index contributed by atoms with van der Waals surface area (Å²) in [6, 6.07) is 9.27. The highest BCUT2D eigenvalue weighted by Crippen LogP contribution is 2.04. The van der Waals surface area contributed by atoms with Gasteiger partial charge in [-0.2, -0.15) is 0 Å². The van der Waals surface area contributed by atoms with E-state index < -0.39 is 5.97 Å². The smallest absolute Gasteiger partial charge is 0.315 e. The molecule has 2 unspecified atom stereocenters. The molecule has 1 aromatic carbocycles. The minimum absolute atomic E-state index is 0.0143. The molecule has 0 aliphatic rings. The van der Waals surface area contributed by atoms with Gasteiger partial charge in [0.2, 0.25) is 0 Å². The van der Waals surface area contributed by atoms with E-state index in [-0.39, 0.29) is 24.5 Å². The molecule has 5 nitrogen and oxygen atoms in total. The molecule has 0 saturated carbocycles. The van der Waals surface area contributed by atoms with Crippen molar-refractivity contribution in [1.29, 1.82) is 0 Å². The predicted octanol–water partition coefficient (Wildman–Crippen LogP) is 2.56. The number of carbonyl (C=O) groups is 2. The molecule has 0 aliphatic heterocycles.